The summed E-state index contributed by atoms with van der Waals surface area (Å²) >= 11 is 1.79. The molecule has 25 heavy (non-hydrogen) atoms. The highest BCUT2D eigenvalue weighted by molar-refractivity contribution is 7.99. The molecule has 6 heteroatoms. The first-order chi connectivity index (χ1) is 12.0. The van der Waals surface area contributed by atoms with Crippen molar-refractivity contribution in [2.75, 3.05) is 17.2 Å². The van der Waals surface area contributed by atoms with Crippen LogP contribution in [-0.2, 0) is 16.5 Å². The monoisotopic (exact) mass is 377 g/mol. The zero-order chi connectivity index (χ0) is 17.9. The first-order valence-electron chi connectivity index (χ1n) is 8.61. The minimum atomic E-state index is -3.93. The molecule has 0 amide bonds. The van der Waals surface area contributed by atoms with Crippen LogP contribution in [0.4, 0.5) is 11.4 Å². The van der Waals surface area contributed by atoms with E-state index in [1.54, 1.807) is 11.8 Å². The van der Waals surface area contributed by atoms with E-state index >= 15 is 0 Å². The number of unbranched alkanes of at least 4 members (excludes halogenated alkanes) is 1. The Kier molecular flexibility index (Phi) is 5.71. The van der Waals surface area contributed by atoms with Crippen molar-refractivity contribution in [3.05, 3.63) is 48.0 Å². The van der Waals surface area contributed by atoms with Crippen LogP contribution in [0.1, 0.15) is 31.7 Å². The Morgan fingerprint density at radius 3 is 2.56 bits per heavy atom. The van der Waals surface area contributed by atoms with Crippen LogP contribution in [0.25, 0.3) is 0 Å². The highest BCUT2D eigenvalue weighted by Crippen LogP contribution is 2.49. The fourth-order valence-corrected chi connectivity index (χ4v) is 4.85. The Morgan fingerprint density at radius 1 is 1.04 bits per heavy atom. The van der Waals surface area contributed by atoms with Gasteiger partial charge in [-0.2, -0.15) is 8.42 Å². The quantitative estimate of drug-likeness (QED) is 0.695. The molecule has 1 N–H and O–H groups in total. The summed E-state index contributed by atoms with van der Waals surface area (Å²) in [4.78, 5) is 4.63. The molecule has 0 aliphatic carbocycles. The molecular weight excluding hydrogens is 354 g/mol. The molecule has 0 atom stereocenters. The Morgan fingerprint density at radius 2 is 1.80 bits per heavy atom. The van der Waals surface area contributed by atoms with Crippen LogP contribution in [0, 0.1) is 0 Å². The highest BCUT2D eigenvalue weighted by Gasteiger charge is 2.25. The lowest BCUT2D eigenvalue weighted by molar-refractivity contribution is 0.481. The number of aryl methyl sites for hydroxylation is 1. The summed E-state index contributed by atoms with van der Waals surface area (Å²) in [7, 11) is -3.93. The molecule has 0 spiro atoms. The van der Waals surface area contributed by atoms with Gasteiger partial charge in [0.25, 0.3) is 10.1 Å². The van der Waals surface area contributed by atoms with Gasteiger partial charge in [-0.05, 0) is 43.0 Å². The van der Waals surface area contributed by atoms with E-state index in [0.717, 1.165) is 30.6 Å². The van der Waals surface area contributed by atoms with E-state index in [4.69, 9.17) is 4.55 Å². The van der Waals surface area contributed by atoms with Gasteiger partial charge >= 0.3 is 0 Å². The van der Waals surface area contributed by atoms with Gasteiger partial charge in [0.2, 0.25) is 0 Å². The molecule has 0 radical (unpaired) electrons. The number of anilines is 2. The molecule has 1 aliphatic heterocycles. The van der Waals surface area contributed by atoms with Crippen molar-refractivity contribution in [2.24, 2.45) is 0 Å². The number of fused-ring (bicyclic) bond motifs is 2. The second-order valence-electron chi connectivity index (χ2n) is 6.23. The molecule has 2 aromatic rings. The summed E-state index contributed by atoms with van der Waals surface area (Å²) in [5.41, 5.74) is 3.58. The molecule has 134 valence electrons. The third-order valence-electron chi connectivity index (χ3n) is 4.32. The van der Waals surface area contributed by atoms with Gasteiger partial charge in [-0.15, -0.1) is 0 Å². The lowest BCUT2D eigenvalue weighted by Gasteiger charge is -2.34. The predicted octanol–water partition coefficient (Wildman–Crippen LogP) is 4.91. The van der Waals surface area contributed by atoms with E-state index in [-0.39, 0.29) is 5.75 Å². The second-order valence-corrected chi connectivity index (χ2v) is 8.85. The zero-order valence-corrected chi connectivity index (χ0v) is 15.9. The Bertz CT molecular complexity index is 849. The highest BCUT2D eigenvalue weighted by atomic mass is 32.2. The van der Waals surface area contributed by atoms with Crippen LogP contribution in [0.15, 0.2) is 52.3 Å². The third kappa shape index (κ3) is 4.37. The average Bonchev–Trinajstić information content (AvgIpc) is 2.58. The summed E-state index contributed by atoms with van der Waals surface area (Å²) in [6.45, 7) is 2.75. The fraction of sp³-hybridized carbons (Fsp3) is 0.368. The number of hydrogen-bond donors (Lipinski definition) is 1. The van der Waals surface area contributed by atoms with E-state index in [1.807, 2.05) is 12.1 Å². The van der Waals surface area contributed by atoms with Gasteiger partial charge in [-0.1, -0.05) is 49.4 Å². The van der Waals surface area contributed by atoms with Gasteiger partial charge in [0.05, 0.1) is 17.1 Å². The largest absolute Gasteiger partial charge is 0.340 e. The summed E-state index contributed by atoms with van der Waals surface area (Å²) in [5, 5.41) is 0. The normalized spacial score (nSPS) is 13.4. The summed E-state index contributed by atoms with van der Waals surface area (Å²) in [6.07, 6.45) is 3.74. The number of nitrogens with zero attached hydrogens (tertiary/aromatic N) is 1. The lowest BCUT2D eigenvalue weighted by Crippen LogP contribution is -2.24. The van der Waals surface area contributed by atoms with Gasteiger partial charge in [0, 0.05) is 16.3 Å². The minimum Gasteiger partial charge on any atom is -0.340 e. The van der Waals surface area contributed by atoms with E-state index in [9.17, 15) is 8.42 Å². The van der Waals surface area contributed by atoms with E-state index in [2.05, 4.69) is 42.2 Å². The lowest BCUT2D eigenvalue weighted by atomic mass is 10.1. The second kappa shape index (κ2) is 7.81. The molecule has 0 aromatic heterocycles. The number of benzene rings is 2. The minimum absolute atomic E-state index is 0.219. The molecule has 0 unspecified atom stereocenters. The SMILES string of the molecule is CCCCc1cccc2c1Sc1ccccc1N2CCCS(=O)(=O)O. The topological polar surface area (TPSA) is 57.6 Å². The summed E-state index contributed by atoms with van der Waals surface area (Å²) < 4.78 is 31.2. The van der Waals surface area contributed by atoms with Gasteiger partial charge in [0.15, 0.2) is 0 Å². The zero-order valence-electron chi connectivity index (χ0n) is 14.3. The number of rotatable bonds is 7. The maximum atomic E-state index is 11.1. The van der Waals surface area contributed by atoms with Crippen molar-refractivity contribution in [2.45, 2.75) is 42.4 Å². The molecule has 3 rings (SSSR count). The van der Waals surface area contributed by atoms with Crippen molar-refractivity contribution in [3.63, 3.8) is 0 Å². The molecule has 1 aliphatic rings. The Labute approximate surface area is 154 Å². The van der Waals surface area contributed by atoms with Crippen molar-refractivity contribution in [1.29, 1.82) is 0 Å². The van der Waals surface area contributed by atoms with Crippen LogP contribution in [0.5, 0.6) is 0 Å². The van der Waals surface area contributed by atoms with Crippen molar-refractivity contribution < 1.29 is 13.0 Å². The van der Waals surface area contributed by atoms with Crippen LogP contribution < -0.4 is 4.90 Å². The number of hydrogen-bond acceptors (Lipinski definition) is 4. The van der Waals surface area contributed by atoms with E-state index in [1.165, 1.54) is 15.4 Å². The Balaban J connectivity index is 1.94. The molecule has 2 aromatic carbocycles. The molecule has 0 saturated carbocycles. The van der Waals surface area contributed by atoms with Crippen molar-refractivity contribution >= 4 is 33.3 Å². The maximum absolute atomic E-state index is 11.1. The average molecular weight is 378 g/mol. The third-order valence-corrected chi connectivity index (χ3v) is 6.36. The van der Waals surface area contributed by atoms with Gasteiger partial charge in [-0.25, -0.2) is 0 Å². The van der Waals surface area contributed by atoms with Crippen LogP contribution >= 0.6 is 11.8 Å². The molecule has 4 nitrogen and oxygen atoms in total. The molecule has 0 fully saturated rings. The van der Waals surface area contributed by atoms with Crippen LogP contribution in [0.2, 0.25) is 0 Å². The van der Waals surface area contributed by atoms with Crippen molar-refractivity contribution in [3.8, 4) is 0 Å². The first-order valence-corrected chi connectivity index (χ1v) is 11.0. The predicted molar refractivity (Wildman–Crippen MR) is 104 cm³/mol. The molecule has 0 saturated heterocycles. The Hall–Kier alpha value is -1.50. The summed E-state index contributed by atoms with van der Waals surface area (Å²) in [6, 6.07) is 14.6. The van der Waals surface area contributed by atoms with Crippen LogP contribution in [0.3, 0.4) is 0 Å². The number of para-hydroxylation sites is 1. The smallest absolute Gasteiger partial charge is 0.264 e. The van der Waals surface area contributed by atoms with Crippen LogP contribution in [-0.4, -0.2) is 25.3 Å². The van der Waals surface area contributed by atoms with E-state index in [0.29, 0.717) is 13.0 Å². The van der Waals surface area contributed by atoms with E-state index < -0.39 is 10.1 Å². The van der Waals surface area contributed by atoms with Gasteiger partial charge in [-0.3, -0.25) is 4.55 Å². The standard InChI is InChI=1S/C19H23NO3S2/c1-2-3-8-15-9-6-11-17-19(15)24-18-12-5-4-10-16(18)20(17)13-7-14-25(21,22)23/h4-6,9-12H,2-3,7-8,13-14H2,1H3,(H,21,22,23). The maximum Gasteiger partial charge on any atom is 0.264 e. The molecular formula is C19H23NO3S2. The molecule has 0 bridgehead atoms. The fourth-order valence-electron chi connectivity index (χ4n) is 3.12. The first kappa shape index (κ1) is 18.3. The summed E-state index contributed by atoms with van der Waals surface area (Å²) in [5.74, 6) is -0.219. The van der Waals surface area contributed by atoms with Gasteiger partial charge in [0.1, 0.15) is 0 Å². The van der Waals surface area contributed by atoms with Gasteiger partial charge < -0.3 is 4.90 Å². The van der Waals surface area contributed by atoms with Crippen molar-refractivity contribution in [1.82, 2.24) is 0 Å². The molecule has 1 heterocycles.